The molecule has 2 aliphatic heterocycles. The Morgan fingerprint density at radius 1 is 1.14 bits per heavy atom. The topological polar surface area (TPSA) is 98.9 Å². The maximum absolute atomic E-state index is 11.6. The third kappa shape index (κ3) is 5.47. The van der Waals surface area contributed by atoms with Gasteiger partial charge in [-0.25, -0.2) is 9.78 Å². The number of para-hydroxylation sites is 1. The molecule has 4 aromatic rings. The largest absolute Gasteiger partial charge is 0.488 e. The maximum atomic E-state index is 11.6. The minimum atomic E-state index is -1.12. The molecule has 6 rings (SSSR count). The van der Waals surface area contributed by atoms with E-state index in [4.69, 9.17) is 30.8 Å². The molecule has 1 saturated heterocycles. The second-order valence-corrected chi connectivity index (χ2v) is 11.0. The first-order chi connectivity index (χ1) is 20.4. The summed E-state index contributed by atoms with van der Waals surface area (Å²) in [5.74, 6) is 0.115. The fourth-order valence-electron chi connectivity index (χ4n) is 5.89. The fourth-order valence-corrected chi connectivity index (χ4v) is 6.22. The number of methoxy groups -OCH3 is 1. The molecule has 2 aromatic carbocycles. The van der Waals surface area contributed by atoms with E-state index >= 15 is 0 Å². The van der Waals surface area contributed by atoms with Gasteiger partial charge >= 0.3 is 5.97 Å². The number of fused-ring (bicyclic) bond motifs is 1. The van der Waals surface area contributed by atoms with Crippen LogP contribution >= 0.6 is 11.6 Å². The van der Waals surface area contributed by atoms with Crippen molar-refractivity contribution in [2.24, 2.45) is 0 Å². The molecule has 42 heavy (non-hydrogen) atoms. The molecule has 0 spiro atoms. The molecule has 4 heterocycles. The van der Waals surface area contributed by atoms with Crippen LogP contribution < -0.4 is 9.47 Å². The summed E-state index contributed by atoms with van der Waals surface area (Å²) in [6.45, 7) is 5.92. The summed E-state index contributed by atoms with van der Waals surface area (Å²) in [5, 5.41) is 14.5. The van der Waals surface area contributed by atoms with Crippen molar-refractivity contribution in [2.75, 3.05) is 26.9 Å². The third-order valence-electron chi connectivity index (χ3n) is 8.11. The summed E-state index contributed by atoms with van der Waals surface area (Å²) >= 11 is 6.97. The van der Waals surface area contributed by atoms with Gasteiger partial charge in [-0.2, -0.15) is 9.78 Å². The Kier molecular flexibility index (Phi) is 8.15. The van der Waals surface area contributed by atoms with Gasteiger partial charge in [0.25, 0.3) is 0 Å². The summed E-state index contributed by atoms with van der Waals surface area (Å²) in [4.78, 5) is 18.9. The monoisotopic (exact) mass is 588 g/mol. The van der Waals surface area contributed by atoms with E-state index in [2.05, 4.69) is 22.1 Å². The first-order valence-corrected chi connectivity index (χ1v) is 14.5. The second-order valence-electron chi connectivity index (χ2n) is 10.6. The highest BCUT2D eigenvalue weighted by atomic mass is 35.5. The number of rotatable bonds is 8. The summed E-state index contributed by atoms with van der Waals surface area (Å²) in [6.07, 6.45) is 4.35. The standard InChI is InChI=1S/C32H33ClN4O5/c1-20-5-3-6-25(27-7-4-8-28(35-27)37-31(40-2)26(17-34-37)32(38)39)30(20)42-19-22-10-9-21-18-36(14-11-24(21)29(22)33)23-12-15-41-16-13-23/h3-10,17,23H,11-16,18-19H2,1-2H3,(H,38,39). The molecule has 9 nitrogen and oxygen atoms in total. The molecule has 218 valence electrons. The number of benzene rings is 2. The maximum Gasteiger partial charge on any atom is 0.342 e. The number of carbonyl (C=O) groups is 1. The molecule has 0 atom stereocenters. The van der Waals surface area contributed by atoms with Crippen molar-refractivity contribution >= 4 is 17.6 Å². The molecule has 10 heteroatoms. The molecule has 0 amide bonds. The van der Waals surface area contributed by atoms with Crippen molar-refractivity contribution in [3.05, 3.63) is 87.6 Å². The number of aryl methyl sites for hydroxylation is 1. The normalized spacial score (nSPS) is 15.8. The van der Waals surface area contributed by atoms with Gasteiger partial charge in [0.15, 0.2) is 5.82 Å². The van der Waals surface area contributed by atoms with Crippen LogP contribution in [0.5, 0.6) is 11.6 Å². The summed E-state index contributed by atoms with van der Waals surface area (Å²) in [7, 11) is 1.41. The molecule has 0 radical (unpaired) electrons. The zero-order valence-corrected chi connectivity index (χ0v) is 24.4. The molecule has 0 aliphatic carbocycles. The molecule has 0 bridgehead atoms. The first-order valence-electron chi connectivity index (χ1n) is 14.1. The van der Waals surface area contributed by atoms with Crippen molar-refractivity contribution in [1.82, 2.24) is 19.7 Å². The van der Waals surface area contributed by atoms with E-state index < -0.39 is 5.97 Å². The number of hydrogen-bond donors (Lipinski definition) is 1. The van der Waals surface area contributed by atoms with Crippen LogP contribution in [0.1, 0.15) is 45.5 Å². The minimum absolute atomic E-state index is 0.0393. The highest BCUT2D eigenvalue weighted by molar-refractivity contribution is 6.32. The lowest BCUT2D eigenvalue weighted by molar-refractivity contribution is 0.0290. The Bertz CT molecular complexity index is 1610. The van der Waals surface area contributed by atoms with E-state index in [1.54, 1.807) is 6.07 Å². The van der Waals surface area contributed by atoms with Crippen molar-refractivity contribution in [3.63, 3.8) is 0 Å². The molecule has 2 aromatic heterocycles. The number of hydrogen-bond acceptors (Lipinski definition) is 7. The Morgan fingerprint density at radius 3 is 2.74 bits per heavy atom. The van der Waals surface area contributed by atoms with Gasteiger partial charge < -0.3 is 19.3 Å². The van der Waals surface area contributed by atoms with Crippen LogP contribution in [0.4, 0.5) is 0 Å². The van der Waals surface area contributed by atoms with Crippen LogP contribution in [0.3, 0.4) is 0 Å². The second kappa shape index (κ2) is 12.1. The summed E-state index contributed by atoms with van der Waals surface area (Å²) in [5.41, 5.74) is 5.85. The third-order valence-corrected chi connectivity index (χ3v) is 8.58. The molecule has 1 N–H and O–H groups in total. The number of ether oxygens (including phenoxy) is 3. The minimum Gasteiger partial charge on any atom is -0.488 e. The van der Waals surface area contributed by atoms with Gasteiger partial charge in [0.2, 0.25) is 5.88 Å². The zero-order chi connectivity index (χ0) is 29.2. The van der Waals surface area contributed by atoms with Gasteiger partial charge in [-0.15, -0.1) is 0 Å². The highest BCUT2D eigenvalue weighted by Crippen LogP contribution is 2.36. The van der Waals surface area contributed by atoms with Crippen molar-refractivity contribution in [3.8, 4) is 28.7 Å². The van der Waals surface area contributed by atoms with Crippen molar-refractivity contribution in [2.45, 2.75) is 45.4 Å². The summed E-state index contributed by atoms with van der Waals surface area (Å²) in [6, 6.07) is 16.2. The van der Waals surface area contributed by atoms with E-state index in [-0.39, 0.29) is 11.4 Å². The number of aromatic carboxylic acids is 1. The van der Waals surface area contributed by atoms with Gasteiger partial charge in [-0.1, -0.05) is 41.9 Å². The molecule has 0 saturated carbocycles. The number of nitrogens with zero attached hydrogens (tertiary/aromatic N) is 4. The van der Waals surface area contributed by atoms with E-state index in [1.165, 1.54) is 29.1 Å². The number of pyridine rings is 1. The van der Waals surface area contributed by atoms with Crippen LogP contribution in [0.2, 0.25) is 5.02 Å². The van der Waals surface area contributed by atoms with Gasteiger partial charge in [-0.3, -0.25) is 4.90 Å². The number of halogens is 1. The zero-order valence-electron chi connectivity index (χ0n) is 23.7. The van der Waals surface area contributed by atoms with Gasteiger partial charge in [0.05, 0.1) is 24.0 Å². The number of carboxylic acids is 1. The highest BCUT2D eigenvalue weighted by Gasteiger charge is 2.27. The molecule has 0 unspecified atom stereocenters. The molecule has 2 aliphatic rings. The van der Waals surface area contributed by atoms with E-state index in [9.17, 15) is 9.90 Å². The number of aromatic nitrogens is 3. The first kappa shape index (κ1) is 28.2. The molecular weight excluding hydrogens is 556 g/mol. The average molecular weight is 589 g/mol. The van der Waals surface area contributed by atoms with Crippen molar-refractivity contribution < 1.29 is 24.1 Å². The fraction of sp³-hybridized carbons (Fsp3) is 0.344. The lowest BCUT2D eigenvalue weighted by Gasteiger charge is -2.38. The summed E-state index contributed by atoms with van der Waals surface area (Å²) < 4.78 is 18.7. The smallest absolute Gasteiger partial charge is 0.342 e. The van der Waals surface area contributed by atoms with Crippen LogP contribution in [-0.2, 0) is 24.3 Å². The molecule has 1 fully saturated rings. The quantitative estimate of drug-likeness (QED) is 0.279. The predicted molar refractivity (Wildman–Crippen MR) is 159 cm³/mol. The van der Waals surface area contributed by atoms with Crippen LogP contribution in [0.25, 0.3) is 17.1 Å². The lowest BCUT2D eigenvalue weighted by atomic mass is 9.94. The van der Waals surface area contributed by atoms with E-state index in [0.29, 0.717) is 29.9 Å². The average Bonchev–Trinajstić information content (AvgIpc) is 3.46. The van der Waals surface area contributed by atoms with Gasteiger partial charge in [-0.05, 0) is 61.1 Å². The Hall–Kier alpha value is -3.92. The van der Waals surface area contributed by atoms with E-state index in [1.807, 2.05) is 37.3 Å². The van der Waals surface area contributed by atoms with Gasteiger partial charge in [0.1, 0.15) is 17.9 Å². The Balaban J connectivity index is 1.24. The number of carboxylic acid groups (broad SMARTS) is 1. The van der Waals surface area contributed by atoms with Crippen LogP contribution in [0, 0.1) is 6.92 Å². The van der Waals surface area contributed by atoms with E-state index in [0.717, 1.165) is 67.3 Å². The Labute approximate surface area is 249 Å². The van der Waals surface area contributed by atoms with Crippen LogP contribution in [-0.4, -0.2) is 63.7 Å². The van der Waals surface area contributed by atoms with Crippen molar-refractivity contribution in [1.29, 1.82) is 0 Å². The SMILES string of the molecule is COc1c(C(=O)O)cnn1-c1cccc(-c2cccc(C)c2OCc2ccc3c(c2Cl)CCN(C2CCOCC2)C3)n1. The molecular formula is C32H33ClN4O5. The van der Waals surface area contributed by atoms with Gasteiger partial charge in [0, 0.05) is 43.5 Å². The lowest BCUT2D eigenvalue weighted by Crippen LogP contribution is -2.42. The van der Waals surface area contributed by atoms with Crippen LogP contribution in [0.15, 0.2) is 54.7 Å². The predicted octanol–water partition coefficient (Wildman–Crippen LogP) is 5.72. The Morgan fingerprint density at radius 2 is 1.95 bits per heavy atom.